The molecule has 0 aliphatic carbocycles. The molecule has 4 heteroatoms. The summed E-state index contributed by atoms with van der Waals surface area (Å²) in [4.78, 5) is 5.21. The Kier molecular flexibility index (Phi) is 4.56. The highest BCUT2D eigenvalue weighted by atomic mass is 32.1. The number of nitrogens with two attached hydrogens (primary N) is 1. The maximum atomic E-state index is 5.95. The second-order valence-corrected chi connectivity index (χ2v) is 5.79. The molecule has 2 unspecified atom stereocenters. The van der Waals surface area contributed by atoms with E-state index in [1.165, 1.54) is 9.75 Å². The molecule has 1 aliphatic rings. The van der Waals surface area contributed by atoms with E-state index in [0.717, 1.165) is 26.1 Å². The van der Waals surface area contributed by atoms with E-state index in [4.69, 9.17) is 10.5 Å². The first-order chi connectivity index (χ1) is 8.26. The summed E-state index contributed by atoms with van der Waals surface area (Å²) in [6, 6.07) is 5.32. The molecule has 0 saturated carbocycles. The second-order valence-electron chi connectivity index (χ2n) is 4.59. The fourth-order valence-electron chi connectivity index (χ4n) is 2.34. The number of rotatable bonds is 5. The zero-order valence-electron chi connectivity index (χ0n) is 10.7. The van der Waals surface area contributed by atoms with Crippen LogP contribution in [0, 0.1) is 0 Å². The smallest absolute Gasteiger partial charge is 0.0622 e. The molecule has 1 saturated heterocycles. The van der Waals surface area contributed by atoms with Crippen molar-refractivity contribution < 1.29 is 4.74 Å². The van der Waals surface area contributed by atoms with Crippen molar-refractivity contribution in [2.45, 2.75) is 31.8 Å². The molecule has 96 valence electrons. The fourth-order valence-corrected chi connectivity index (χ4v) is 3.46. The van der Waals surface area contributed by atoms with E-state index in [1.54, 1.807) is 0 Å². The Morgan fingerprint density at radius 2 is 2.41 bits per heavy atom. The molecule has 1 fully saturated rings. The molecule has 1 aromatic heterocycles. The Balaban J connectivity index is 2.08. The van der Waals surface area contributed by atoms with E-state index >= 15 is 0 Å². The Hall–Kier alpha value is -0.420. The first-order valence-corrected chi connectivity index (χ1v) is 7.16. The van der Waals surface area contributed by atoms with Gasteiger partial charge in [0.05, 0.1) is 12.6 Å². The van der Waals surface area contributed by atoms with Gasteiger partial charge in [-0.25, -0.2) is 0 Å². The summed E-state index contributed by atoms with van der Waals surface area (Å²) in [5.41, 5.74) is 5.95. The van der Waals surface area contributed by atoms with Crippen LogP contribution in [-0.4, -0.2) is 37.7 Å². The Labute approximate surface area is 108 Å². The average Bonchev–Trinajstić information content (AvgIpc) is 3.01. The zero-order chi connectivity index (χ0) is 12.3. The fraction of sp³-hybridized carbons (Fsp3) is 0.692. The van der Waals surface area contributed by atoms with Crippen LogP contribution in [0.1, 0.15) is 29.1 Å². The average molecular weight is 254 g/mol. The molecule has 0 bridgehead atoms. The number of aryl methyl sites for hydroxylation is 1. The maximum absolute atomic E-state index is 5.95. The summed E-state index contributed by atoms with van der Waals surface area (Å²) in [5, 5.41) is 0. The number of likely N-dealkylation sites (N-methyl/N-ethyl adjacent to an activating group) is 1. The highest BCUT2D eigenvalue weighted by molar-refractivity contribution is 7.12. The highest BCUT2D eigenvalue weighted by Gasteiger charge is 2.27. The van der Waals surface area contributed by atoms with Crippen molar-refractivity contribution in [1.82, 2.24) is 4.90 Å². The molecule has 1 aliphatic heterocycles. The van der Waals surface area contributed by atoms with Gasteiger partial charge in [0, 0.05) is 28.9 Å². The summed E-state index contributed by atoms with van der Waals surface area (Å²) in [6.45, 7) is 4.61. The van der Waals surface area contributed by atoms with Crippen molar-refractivity contribution >= 4 is 11.3 Å². The first kappa shape index (κ1) is 13.0. The van der Waals surface area contributed by atoms with Crippen molar-refractivity contribution in [3.63, 3.8) is 0 Å². The van der Waals surface area contributed by atoms with E-state index in [9.17, 15) is 0 Å². The van der Waals surface area contributed by atoms with E-state index < -0.39 is 0 Å². The van der Waals surface area contributed by atoms with Crippen LogP contribution in [0.15, 0.2) is 12.1 Å². The first-order valence-electron chi connectivity index (χ1n) is 6.34. The van der Waals surface area contributed by atoms with Gasteiger partial charge in [-0.3, -0.25) is 4.90 Å². The Morgan fingerprint density at radius 1 is 1.59 bits per heavy atom. The molecule has 2 N–H and O–H groups in total. The summed E-state index contributed by atoms with van der Waals surface area (Å²) in [5.74, 6) is 0. The molecule has 2 heterocycles. The molecule has 2 rings (SSSR count). The monoisotopic (exact) mass is 254 g/mol. The number of ether oxygens (including phenoxy) is 1. The second kappa shape index (κ2) is 5.96. The van der Waals surface area contributed by atoms with Gasteiger partial charge in [-0.2, -0.15) is 0 Å². The highest BCUT2D eigenvalue weighted by Crippen LogP contribution is 2.29. The summed E-state index contributed by atoms with van der Waals surface area (Å²) < 4.78 is 5.46. The zero-order valence-corrected chi connectivity index (χ0v) is 11.5. The lowest BCUT2D eigenvalue weighted by molar-refractivity contribution is 0.136. The lowest BCUT2D eigenvalue weighted by atomic mass is 10.1. The molecule has 2 atom stereocenters. The molecule has 0 radical (unpaired) electrons. The van der Waals surface area contributed by atoms with Gasteiger partial charge in [0.15, 0.2) is 0 Å². The Bertz CT molecular complexity index is 347. The third-order valence-electron chi connectivity index (χ3n) is 3.56. The lowest BCUT2D eigenvalue weighted by Crippen LogP contribution is -2.38. The van der Waals surface area contributed by atoms with Crippen LogP contribution >= 0.6 is 11.3 Å². The van der Waals surface area contributed by atoms with Gasteiger partial charge < -0.3 is 10.5 Å². The topological polar surface area (TPSA) is 38.5 Å². The molecule has 3 nitrogen and oxygen atoms in total. The molecule has 1 aromatic rings. The number of hydrogen-bond donors (Lipinski definition) is 1. The Morgan fingerprint density at radius 3 is 2.94 bits per heavy atom. The third kappa shape index (κ3) is 2.88. The molecular weight excluding hydrogens is 232 g/mol. The SMILES string of the molecule is CCc1ccc(C(CN)N(C)C2CCOC2)s1. The minimum absolute atomic E-state index is 0.340. The van der Waals surface area contributed by atoms with Gasteiger partial charge in [0.25, 0.3) is 0 Å². The number of hydrogen-bond acceptors (Lipinski definition) is 4. The van der Waals surface area contributed by atoms with Crippen molar-refractivity contribution in [2.75, 3.05) is 26.8 Å². The largest absolute Gasteiger partial charge is 0.380 e. The molecule has 0 spiro atoms. The standard InChI is InChI=1S/C13H22N2OS/c1-3-11-4-5-13(17-11)12(8-14)15(2)10-6-7-16-9-10/h4-5,10,12H,3,6-9,14H2,1-2H3. The third-order valence-corrected chi connectivity index (χ3v) is 4.89. The quantitative estimate of drug-likeness (QED) is 0.874. The van der Waals surface area contributed by atoms with Gasteiger partial charge in [0.2, 0.25) is 0 Å². The van der Waals surface area contributed by atoms with Gasteiger partial charge in [-0.15, -0.1) is 11.3 Å². The van der Waals surface area contributed by atoms with Crippen LogP contribution in [0.25, 0.3) is 0 Å². The summed E-state index contributed by atoms with van der Waals surface area (Å²) in [6.07, 6.45) is 2.23. The predicted octanol–water partition coefficient (Wildman–Crippen LogP) is 2.03. The van der Waals surface area contributed by atoms with Crippen LogP contribution in [0.3, 0.4) is 0 Å². The normalized spacial score (nSPS) is 22.2. The molecule has 0 amide bonds. The van der Waals surface area contributed by atoms with Crippen LogP contribution in [-0.2, 0) is 11.2 Å². The minimum Gasteiger partial charge on any atom is -0.380 e. The summed E-state index contributed by atoms with van der Waals surface area (Å²) in [7, 11) is 2.17. The van der Waals surface area contributed by atoms with Crippen LogP contribution in [0.5, 0.6) is 0 Å². The van der Waals surface area contributed by atoms with Gasteiger partial charge in [-0.1, -0.05) is 6.92 Å². The number of nitrogens with zero attached hydrogens (tertiary/aromatic N) is 1. The van der Waals surface area contributed by atoms with Crippen LogP contribution < -0.4 is 5.73 Å². The van der Waals surface area contributed by atoms with E-state index in [0.29, 0.717) is 18.6 Å². The van der Waals surface area contributed by atoms with Gasteiger partial charge >= 0.3 is 0 Å². The number of thiophene rings is 1. The van der Waals surface area contributed by atoms with E-state index in [-0.39, 0.29) is 0 Å². The van der Waals surface area contributed by atoms with Crippen molar-refractivity contribution in [3.05, 3.63) is 21.9 Å². The van der Waals surface area contributed by atoms with E-state index in [2.05, 4.69) is 31.0 Å². The minimum atomic E-state index is 0.340. The maximum Gasteiger partial charge on any atom is 0.0622 e. The van der Waals surface area contributed by atoms with Crippen molar-refractivity contribution in [3.8, 4) is 0 Å². The van der Waals surface area contributed by atoms with Crippen LogP contribution in [0.4, 0.5) is 0 Å². The molecular formula is C13H22N2OS. The molecule has 17 heavy (non-hydrogen) atoms. The van der Waals surface area contributed by atoms with Gasteiger partial charge in [0.1, 0.15) is 0 Å². The van der Waals surface area contributed by atoms with Crippen molar-refractivity contribution in [1.29, 1.82) is 0 Å². The van der Waals surface area contributed by atoms with Crippen molar-refractivity contribution in [2.24, 2.45) is 5.73 Å². The van der Waals surface area contributed by atoms with E-state index in [1.807, 2.05) is 11.3 Å². The predicted molar refractivity (Wildman–Crippen MR) is 72.5 cm³/mol. The molecule has 0 aromatic carbocycles. The lowest BCUT2D eigenvalue weighted by Gasteiger charge is -2.30. The summed E-state index contributed by atoms with van der Waals surface area (Å²) >= 11 is 1.89. The van der Waals surface area contributed by atoms with Gasteiger partial charge in [-0.05, 0) is 32.0 Å². The van der Waals surface area contributed by atoms with Crippen LogP contribution in [0.2, 0.25) is 0 Å².